The third-order valence-electron chi connectivity index (χ3n) is 6.54. The first-order valence-corrected chi connectivity index (χ1v) is 12.6. The number of carbonyl (C=O) groups excluding carboxylic acids is 2. The van der Waals surface area contributed by atoms with Crippen molar-refractivity contribution in [2.75, 3.05) is 11.4 Å². The van der Waals surface area contributed by atoms with Crippen LogP contribution in [0.1, 0.15) is 56.6 Å². The van der Waals surface area contributed by atoms with Crippen molar-refractivity contribution in [3.63, 3.8) is 0 Å². The van der Waals surface area contributed by atoms with Crippen molar-refractivity contribution >= 4 is 38.5 Å². The zero-order valence-electron chi connectivity index (χ0n) is 18.6. The van der Waals surface area contributed by atoms with Crippen LogP contribution in [0.5, 0.6) is 0 Å². The van der Waals surface area contributed by atoms with E-state index in [-0.39, 0.29) is 23.9 Å². The largest absolute Gasteiger partial charge is 0.351 e. The molecule has 2 unspecified atom stereocenters. The van der Waals surface area contributed by atoms with Crippen LogP contribution in [-0.2, 0) is 9.59 Å². The van der Waals surface area contributed by atoms with E-state index in [4.69, 9.17) is 4.98 Å². The first-order chi connectivity index (χ1) is 16.2. The van der Waals surface area contributed by atoms with Gasteiger partial charge >= 0.3 is 0 Å². The van der Waals surface area contributed by atoms with Crippen molar-refractivity contribution in [1.29, 1.82) is 0 Å². The molecule has 2 aromatic heterocycles. The van der Waals surface area contributed by atoms with Crippen molar-refractivity contribution in [1.82, 2.24) is 20.6 Å². The van der Waals surface area contributed by atoms with Gasteiger partial charge in [0, 0.05) is 24.0 Å². The number of fused-ring (bicyclic) bond motifs is 1. The highest BCUT2D eigenvalue weighted by molar-refractivity contribution is 7.22. The maximum absolute atomic E-state index is 13.9. The summed E-state index contributed by atoms with van der Waals surface area (Å²) < 4.78 is 0.988. The predicted octanol–water partition coefficient (Wildman–Crippen LogP) is 3.97. The SMILES string of the molecule is O=C(NC1CCCCC1)C(c1cccnc1)N(C(=O)C1CCCN1)c1nc2ccccc2s1. The molecule has 172 valence electrons. The van der Waals surface area contributed by atoms with Crippen molar-refractivity contribution in [2.45, 2.75) is 63.1 Å². The van der Waals surface area contributed by atoms with E-state index >= 15 is 0 Å². The van der Waals surface area contributed by atoms with Crippen LogP contribution in [0.2, 0.25) is 0 Å². The first-order valence-electron chi connectivity index (χ1n) is 11.8. The predicted molar refractivity (Wildman–Crippen MR) is 130 cm³/mol. The number of aromatic nitrogens is 2. The van der Waals surface area contributed by atoms with Crippen LogP contribution in [0, 0.1) is 0 Å². The monoisotopic (exact) mass is 463 g/mol. The maximum Gasteiger partial charge on any atom is 0.248 e. The summed E-state index contributed by atoms with van der Waals surface area (Å²) in [7, 11) is 0. The minimum atomic E-state index is -0.823. The van der Waals surface area contributed by atoms with E-state index in [1.54, 1.807) is 17.3 Å². The molecular weight excluding hydrogens is 434 g/mol. The average molecular weight is 464 g/mol. The molecule has 1 saturated carbocycles. The van der Waals surface area contributed by atoms with Gasteiger partial charge in [-0.15, -0.1) is 0 Å². The third-order valence-corrected chi connectivity index (χ3v) is 7.58. The number of hydrogen-bond acceptors (Lipinski definition) is 6. The van der Waals surface area contributed by atoms with Crippen LogP contribution in [0.4, 0.5) is 5.13 Å². The Morgan fingerprint density at radius 2 is 1.91 bits per heavy atom. The molecule has 0 spiro atoms. The molecule has 1 aliphatic carbocycles. The molecule has 3 heterocycles. The zero-order valence-corrected chi connectivity index (χ0v) is 19.4. The van der Waals surface area contributed by atoms with E-state index in [1.165, 1.54) is 17.8 Å². The van der Waals surface area contributed by atoms with Gasteiger partial charge in [0.2, 0.25) is 11.8 Å². The molecule has 8 heteroatoms. The van der Waals surface area contributed by atoms with Crippen LogP contribution in [0.3, 0.4) is 0 Å². The molecule has 0 bridgehead atoms. The molecule has 2 amide bonds. The van der Waals surface area contributed by atoms with E-state index in [9.17, 15) is 9.59 Å². The Morgan fingerprint density at radius 3 is 2.64 bits per heavy atom. The lowest BCUT2D eigenvalue weighted by atomic mass is 9.95. The second kappa shape index (κ2) is 9.97. The van der Waals surface area contributed by atoms with Gasteiger partial charge in [-0.1, -0.05) is 48.8 Å². The standard InChI is InChI=1S/C25H29N5O2S/c31-23(28-18-9-2-1-3-10-18)22(17-8-6-14-26-16-17)30(24(32)20-12-7-15-27-20)25-29-19-11-4-5-13-21(19)33-25/h4-6,8,11,13-14,16,18,20,22,27H,1-3,7,9-10,12,15H2,(H,28,31). The van der Waals surface area contributed by atoms with Gasteiger partial charge < -0.3 is 10.6 Å². The summed E-state index contributed by atoms with van der Waals surface area (Å²) >= 11 is 1.44. The minimum absolute atomic E-state index is 0.112. The Hall–Kier alpha value is -2.84. The lowest BCUT2D eigenvalue weighted by Crippen LogP contribution is -2.51. The van der Waals surface area contributed by atoms with E-state index in [0.29, 0.717) is 10.7 Å². The Bertz CT molecular complexity index is 1070. The molecule has 2 fully saturated rings. The van der Waals surface area contributed by atoms with Crippen molar-refractivity contribution < 1.29 is 9.59 Å². The van der Waals surface area contributed by atoms with E-state index in [0.717, 1.165) is 55.3 Å². The molecular formula is C25H29N5O2S. The third kappa shape index (κ3) is 4.77. The van der Waals surface area contributed by atoms with Gasteiger partial charge in [0.05, 0.1) is 16.3 Å². The molecule has 5 rings (SSSR count). The summed E-state index contributed by atoms with van der Waals surface area (Å²) in [5.74, 6) is -0.278. The minimum Gasteiger partial charge on any atom is -0.351 e. The van der Waals surface area contributed by atoms with E-state index in [1.807, 2.05) is 36.4 Å². The fraction of sp³-hybridized carbons (Fsp3) is 0.440. The molecule has 7 nitrogen and oxygen atoms in total. The Kier molecular flexibility index (Phi) is 6.64. The normalized spacial score (nSPS) is 19.9. The van der Waals surface area contributed by atoms with Gasteiger partial charge in [-0.3, -0.25) is 19.5 Å². The summed E-state index contributed by atoms with van der Waals surface area (Å²) in [6, 6.07) is 10.5. The topological polar surface area (TPSA) is 87.2 Å². The molecule has 1 aromatic carbocycles. The highest BCUT2D eigenvalue weighted by Crippen LogP contribution is 2.35. The second-order valence-corrected chi connectivity index (χ2v) is 9.86. The zero-order chi connectivity index (χ0) is 22.6. The Morgan fingerprint density at radius 1 is 1.06 bits per heavy atom. The van der Waals surface area contributed by atoms with Crippen LogP contribution in [0.25, 0.3) is 10.2 Å². The van der Waals surface area contributed by atoms with Crippen LogP contribution in [0.15, 0.2) is 48.8 Å². The summed E-state index contributed by atoms with van der Waals surface area (Å²) in [6.45, 7) is 0.802. The Labute approximate surface area is 197 Å². The summed E-state index contributed by atoms with van der Waals surface area (Å²) in [5.41, 5.74) is 1.52. The quantitative estimate of drug-likeness (QED) is 0.578. The number of nitrogens with zero attached hydrogens (tertiary/aromatic N) is 3. The summed E-state index contributed by atoms with van der Waals surface area (Å²) in [4.78, 5) is 38.3. The number of nitrogens with one attached hydrogen (secondary N) is 2. The van der Waals surface area contributed by atoms with Crippen molar-refractivity contribution in [3.8, 4) is 0 Å². The van der Waals surface area contributed by atoms with Crippen molar-refractivity contribution in [2.24, 2.45) is 0 Å². The highest BCUT2D eigenvalue weighted by atomic mass is 32.1. The van der Waals surface area contributed by atoms with Gasteiger partial charge in [-0.2, -0.15) is 0 Å². The van der Waals surface area contributed by atoms with E-state index < -0.39 is 6.04 Å². The van der Waals surface area contributed by atoms with Gasteiger partial charge in [-0.05, 0) is 50.4 Å². The summed E-state index contributed by atoms with van der Waals surface area (Å²) in [6.07, 6.45) is 10.5. The molecule has 2 atom stereocenters. The molecule has 2 N–H and O–H groups in total. The van der Waals surface area contributed by atoms with Gasteiger partial charge in [0.15, 0.2) is 5.13 Å². The molecule has 2 aliphatic rings. The lowest BCUT2D eigenvalue weighted by molar-refractivity contribution is -0.128. The number of amides is 2. The molecule has 1 saturated heterocycles. The average Bonchev–Trinajstić information content (AvgIpc) is 3.53. The fourth-order valence-electron chi connectivity index (χ4n) is 4.84. The lowest BCUT2D eigenvalue weighted by Gasteiger charge is -2.33. The Balaban J connectivity index is 1.57. The number of benzene rings is 1. The van der Waals surface area contributed by atoms with Gasteiger partial charge in [-0.25, -0.2) is 4.98 Å². The van der Waals surface area contributed by atoms with Crippen LogP contribution >= 0.6 is 11.3 Å². The molecule has 3 aromatic rings. The number of rotatable bonds is 6. The summed E-state index contributed by atoms with van der Waals surface area (Å²) in [5, 5.41) is 7.09. The van der Waals surface area contributed by atoms with Gasteiger partial charge in [0.25, 0.3) is 0 Å². The van der Waals surface area contributed by atoms with Crippen LogP contribution < -0.4 is 15.5 Å². The van der Waals surface area contributed by atoms with E-state index in [2.05, 4.69) is 15.6 Å². The smallest absolute Gasteiger partial charge is 0.248 e. The number of carbonyl (C=O) groups is 2. The number of anilines is 1. The van der Waals surface area contributed by atoms with Crippen molar-refractivity contribution in [3.05, 3.63) is 54.4 Å². The second-order valence-electron chi connectivity index (χ2n) is 8.85. The number of para-hydroxylation sites is 1. The number of pyridine rings is 1. The number of thiazole rings is 1. The maximum atomic E-state index is 13.9. The molecule has 1 aliphatic heterocycles. The van der Waals surface area contributed by atoms with Gasteiger partial charge in [0.1, 0.15) is 6.04 Å². The molecule has 0 radical (unpaired) electrons. The highest BCUT2D eigenvalue weighted by Gasteiger charge is 2.39. The first kappa shape index (κ1) is 22.0. The molecule has 33 heavy (non-hydrogen) atoms. The number of hydrogen-bond donors (Lipinski definition) is 2. The fourth-order valence-corrected chi connectivity index (χ4v) is 5.84. The van der Waals surface area contributed by atoms with Crippen LogP contribution in [-0.4, -0.2) is 40.4 Å².